The van der Waals surface area contributed by atoms with E-state index >= 15 is 0 Å². The summed E-state index contributed by atoms with van der Waals surface area (Å²) in [5, 5.41) is 9.24. The van der Waals surface area contributed by atoms with Crippen molar-refractivity contribution in [3.8, 4) is 0 Å². The van der Waals surface area contributed by atoms with Gasteiger partial charge in [-0.05, 0) is 48.8 Å². The minimum Gasteiger partial charge on any atom is -0.481 e. The molecule has 92 valence electrons. The summed E-state index contributed by atoms with van der Waals surface area (Å²) in [6, 6.07) is 6.25. The molecule has 1 saturated carbocycles. The number of hydrogen-bond donors (Lipinski definition) is 1. The van der Waals surface area contributed by atoms with Crippen molar-refractivity contribution < 1.29 is 14.3 Å². The predicted octanol–water partition coefficient (Wildman–Crippen LogP) is 3.43. The van der Waals surface area contributed by atoms with Crippen LogP contribution in [0.5, 0.6) is 0 Å². The lowest BCUT2D eigenvalue weighted by Crippen LogP contribution is -2.28. The Morgan fingerprint density at radius 2 is 1.94 bits per heavy atom. The number of hydrogen-bond acceptors (Lipinski definition) is 1. The van der Waals surface area contributed by atoms with Gasteiger partial charge in [-0.25, -0.2) is 4.39 Å². The van der Waals surface area contributed by atoms with Crippen LogP contribution in [0.3, 0.4) is 0 Å². The number of aliphatic carboxylic acids is 1. The lowest BCUT2D eigenvalue weighted by Gasteiger charge is -2.32. The monoisotopic (exact) mass is 236 g/mol. The zero-order valence-electron chi connectivity index (χ0n) is 9.90. The third-order valence-electron chi connectivity index (χ3n) is 3.73. The Bertz CT molecular complexity index is 399. The number of benzene rings is 1. The second kappa shape index (κ2) is 4.86. The van der Waals surface area contributed by atoms with Crippen LogP contribution in [0.2, 0.25) is 0 Å². The van der Waals surface area contributed by atoms with Crippen LogP contribution in [-0.4, -0.2) is 11.1 Å². The molecular weight excluding hydrogens is 219 g/mol. The zero-order chi connectivity index (χ0) is 12.4. The maximum absolute atomic E-state index is 12.9. The number of rotatable bonds is 2. The van der Waals surface area contributed by atoms with Crippen molar-refractivity contribution in [2.24, 2.45) is 11.8 Å². The number of carboxylic acid groups (broad SMARTS) is 1. The summed E-state index contributed by atoms with van der Waals surface area (Å²) >= 11 is 0. The molecule has 0 saturated heterocycles. The third kappa shape index (κ3) is 2.65. The van der Waals surface area contributed by atoms with Crippen LogP contribution in [0.1, 0.15) is 37.7 Å². The van der Waals surface area contributed by atoms with Gasteiger partial charge in [0.15, 0.2) is 0 Å². The fourth-order valence-electron chi connectivity index (χ4n) is 2.75. The molecule has 0 aliphatic heterocycles. The summed E-state index contributed by atoms with van der Waals surface area (Å²) in [5.41, 5.74) is 0.949. The van der Waals surface area contributed by atoms with Gasteiger partial charge in [-0.15, -0.1) is 0 Å². The SMILES string of the molecule is CC1CCC(C(=O)O)C(c2ccc(F)cc2)C1. The molecule has 1 aromatic carbocycles. The first-order valence-electron chi connectivity index (χ1n) is 6.06. The first kappa shape index (κ1) is 12.1. The second-order valence-corrected chi connectivity index (χ2v) is 5.02. The largest absolute Gasteiger partial charge is 0.481 e. The molecule has 3 heteroatoms. The summed E-state index contributed by atoms with van der Waals surface area (Å²) in [6.07, 6.45) is 2.57. The molecule has 0 radical (unpaired) electrons. The van der Waals surface area contributed by atoms with E-state index in [9.17, 15) is 14.3 Å². The molecule has 1 N–H and O–H groups in total. The normalized spacial score (nSPS) is 28.9. The standard InChI is InChI=1S/C14H17FO2/c1-9-2-7-12(14(16)17)13(8-9)10-3-5-11(15)6-4-10/h3-6,9,12-13H,2,7-8H2,1H3,(H,16,17). The van der Waals surface area contributed by atoms with Gasteiger partial charge in [0.25, 0.3) is 0 Å². The highest BCUT2D eigenvalue weighted by molar-refractivity contribution is 5.71. The van der Waals surface area contributed by atoms with Crippen LogP contribution in [0.25, 0.3) is 0 Å². The van der Waals surface area contributed by atoms with Crippen LogP contribution in [0.4, 0.5) is 4.39 Å². The van der Waals surface area contributed by atoms with Gasteiger partial charge in [0.2, 0.25) is 0 Å². The van der Waals surface area contributed by atoms with E-state index < -0.39 is 5.97 Å². The molecule has 0 bridgehead atoms. The Labute approximate surface area is 100 Å². The molecule has 1 aliphatic rings. The van der Waals surface area contributed by atoms with E-state index in [1.54, 1.807) is 12.1 Å². The minimum atomic E-state index is -0.730. The van der Waals surface area contributed by atoms with Gasteiger partial charge in [-0.2, -0.15) is 0 Å². The summed E-state index contributed by atoms with van der Waals surface area (Å²) in [4.78, 5) is 11.2. The average Bonchev–Trinajstić information content (AvgIpc) is 2.29. The molecule has 0 heterocycles. The van der Waals surface area contributed by atoms with Gasteiger partial charge in [-0.1, -0.05) is 19.1 Å². The zero-order valence-corrected chi connectivity index (χ0v) is 9.90. The average molecular weight is 236 g/mol. The molecular formula is C14H17FO2. The third-order valence-corrected chi connectivity index (χ3v) is 3.73. The van der Waals surface area contributed by atoms with E-state index in [1.165, 1.54) is 12.1 Å². The van der Waals surface area contributed by atoms with Gasteiger partial charge in [0.05, 0.1) is 5.92 Å². The second-order valence-electron chi connectivity index (χ2n) is 5.02. The minimum absolute atomic E-state index is 0.0249. The first-order chi connectivity index (χ1) is 8.08. The lowest BCUT2D eigenvalue weighted by molar-refractivity contribution is -0.143. The van der Waals surface area contributed by atoms with E-state index in [2.05, 4.69) is 6.92 Å². The van der Waals surface area contributed by atoms with Crippen molar-refractivity contribution in [1.82, 2.24) is 0 Å². The predicted molar refractivity (Wildman–Crippen MR) is 63.3 cm³/mol. The Hall–Kier alpha value is -1.38. The van der Waals surface area contributed by atoms with Gasteiger partial charge < -0.3 is 5.11 Å². The van der Waals surface area contributed by atoms with Crippen LogP contribution in [0.15, 0.2) is 24.3 Å². The van der Waals surface area contributed by atoms with E-state index in [0.717, 1.165) is 24.8 Å². The first-order valence-corrected chi connectivity index (χ1v) is 6.06. The van der Waals surface area contributed by atoms with E-state index in [1.807, 2.05) is 0 Å². The van der Waals surface area contributed by atoms with Crippen molar-refractivity contribution >= 4 is 5.97 Å². The topological polar surface area (TPSA) is 37.3 Å². The molecule has 1 fully saturated rings. The van der Waals surface area contributed by atoms with Gasteiger partial charge in [-0.3, -0.25) is 4.79 Å². The van der Waals surface area contributed by atoms with E-state index in [-0.39, 0.29) is 17.7 Å². The highest BCUT2D eigenvalue weighted by Crippen LogP contribution is 2.40. The van der Waals surface area contributed by atoms with Crippen LogP contribution >= 0.6 is 0 Å². The lowest BCUT2D eigenvalue weighted by atomic mass is 9.71. The number of halogens is 1. The molecule has 17 heavy (non-hydrogen) atoms. The quantitative estimate of drug-likeness (QED) is 0.854. The Morgan fingerprint density at radius 1 is 1.29 bits per heavy atom. The molecule has 1 aromatic rings. The molecule has 2 nitrogen and oxygen atoms in total. The molecule has 3 atom stereocenters. The Morgan fingerprint density at radius 3 is 2.53 bits per heavy atom. The summed E-state index contributed by atoms with van der Waals surface area (Å²) in [6.45, 7) is 2.15. The van der Waals surface area contributed by atoms with Gasteiger partial charge in [0.1, 0.15) is 5.82 Å². The molecule has 1 aliphatic carbocycles. The van der Waals surface area contributed by atoms with E-state index in [4.69, 9.17) is 0 Å². The van der Waals surface area contributed by atoms with Gasteiger partial charge in [0, 0.05) is 0 Å². The highest BCUT2D eigenvalue weighted by atomic mass is 19.1. The molecule has 0 aromatic heterocycles. The van der Waals surface area contributed by atoms with Crippen molar-refractivity contribution in [2.45, 2.75) is 32.1 Å². The molecule has 0 spiro atoms. The van der Waals surface area contributed by atoms with Crippen molar-refractivity contribution in [2.75, 3.05) is 0 Å². The van der Waals surface area contributed by atoms with Crippen molar-refractivity contribution in [3.63, 3.8) is 0 Å². The number of carbonyl (C=O) groups is 1. The van der Waals surface area contributed by atoms with Crippen molar-refractivity contribution in [3.05, 3.63) is 35.6 Å². The van der Waals surface area contributed by atoms with Crippen LogP contribution in [-0.2, 0) is 4.79 Å². The number of carboxylic acids is 1. The van der Waals surface area contributed by atoms with E-state index in [0.29, 0.717) is 5.92 Å². The van der Waals surface area contributed by atoms with Crippen molar-refractivity contribution in [1.29, 1.82) is 0 Å². The summed E-state index contributed by atoms with van der Waals surface area (Å²) < 4.78 is 12.9. The fourth-order valence-corrected chi connectivity index (χ4v) is 2.75. The molecule has 3 unspecified atom stereocenters. The smallest absolute Gasteiger partial charge is 0.307 e. The Balaban J connectivity index is 2.25. The Kier molecular flexibility index (Phi) is 3.46. The highest BCUT2D eigenvalue weighted by Gasteiger charge is 2.34. The fraction of sp³-hybridized carbons (Fsp3) is 0.500. The van der Waals surface area contributed by atoms with Crippen LogP contribution < -0.4 is 0 Å². The summed E-state index contributed by atoms with van der Waals surface area (Å²) in [5.74, 6) is -0.759. The van der Waals surface area contributed by atoms with Crippen LogP contribution in [0, 0.1) is 17.7 Å². The summed E-state index contributed by atoms with van der Waals surface area (Å²) in [7, 11) is 0. The molecule has 0 amide bonds. The molecule has 2 rings (SSSR count). The van der Waals surface area contributed by atoms with Gasteiger partial charge >= 0.3 is 5.97 Å². The maximum atomic E-state index is 12.9. The maximum Gasteiger partial charge on any atom is 0.307 e.